The van der Waals surface area contributed by atoms with Crippen molar-refractivity contribution in [3.05, 3.63) is 24.3 Å². The van der Waals surface area contributed by atoms with E-state index in [4.69, 9.17) is 9.94 Å². The summed E-state index contributed by atoms with van der Waals surface area (Å²) in [6, 6.07) is 5.65. The zero-order valence-corrected chi connectivity index (χ0v) is 13.4. The fourth-order valence-corrected chi connectivity index (χ4v) is 3.92. The summed E-state index contributed by atoms with van der Waals surface area (Å²) in [6.07, 6.45) is -1.51. The van der Waals surface area contributed by atoms with Crippen LogP contribution in [0.1, 0.15) is 6.42 Å². The first kappa shape index (κ1) is 17.2. The number of methoxy groups -OCH3 is 1. The van der Waals surface area contributed by atoms with E-state index >= 15 is 0 Å². The van der Waals surface area contributed by atoms with Crippen molar-refractivity contribution in [1.29, 1.82) is 0 Å². The van der Waals surface area contributed by atoms with Crippen LogP contribution in [-0.2, 0) is 19.6 Å². The molecule has 1 aliphatic heterocycles. The fraction of sp³-hybridized carbons (Fsp3) is 0.385. The van der Waals surface area contributed by atoms with Gasteiger partial charge in [0.25, 0.3) is 5.91 Å². The number of ether oxygens (including phenoxy) is 1. The van der Waals surface area contributed by atoms with Crippen LogP contribution in [0.15, 0.2) is 29.2 Å². The summed E-state index contributed by atoms with van der Waals surface area (Å²) in [5.41, 5.74) is 1.40. The Morgan fingerprint density at radius 1 is 1.35 bits per heavy atom. The molecular formula is C13H17N3O6S. The second kappa shape index (κ2) is 6.52. The number of rotatable bonds is 4. The monoisotopic (exact) mass is 343 g/mol. The van der Waals surface area contributed by atoms with Crippen molar-refractivity contribution < 1.29 is 28.0 Å². The van der Waals surface area contributed by atoms with Crippen LogP contribution in [0.4, 0.5) is 0 Å². The van der Waals surface area contributed by atoms with E-state index in [2.05, 4.69) is 0 Å². The smallest absolute Gasteiger partial charge is 0.282 e. The maximum absolute atomic E-state index is 12.8. The van der Waals surface area contributed by atoms with E-state index in [1.54, 1.807) is 0 Å². The SMILES string of the molecule is COc1ccc(S(=O)(=O)N2CCC(=O)N(C)[C@H]2C(=O)NO)cc1. The Labute approximate surface area is 133 Å². The molecule has 0 saturated carbocycles. The number of sulfonamides is 1. The van der Waals surface area contributed by atoms with E-state index in [-0.39, 0.29) is 23.8 Å². The van der Waals surface area contributed by atoms with Gasteiger partial charge in [-0.2, -0.15) is 4.31 Å². The lowest BCUT2D eigenvalue weighted by atomic mass is 10.2. The number of benzene rings is 1. The number of hydrogen-bond acceptors (Lipinski definition) is 6. The summed E-state index contributed by atoms with van der Waals surface area (Å²) in [7, 11) is -1.28. The molecule has 2 N–H and O–H groups in total. The quantitative estimate of drug-likeness (QED) is 0.556. The molecule has 0 aliphatic carbocycles. The molecule has 23 heavy (non-hydrogen) atoms. The first-order valence-corrected chi connectivity index (χ1v) is 8.12. The van der Waals surface area contributed by atoms with Gasteiger partial charge in [0.15, 0.2) is 6.17 Å². The molecule has 0 unspecified atom stereocenters. The van der Waals surface area contributed by atoms with Crippen molar-refractivity contribution in [2.24, 2.45) is 0 Å². The highest BCUT2D eigenvalue weighted by molar-refractivity contribution is 7.89. The Morgan fingerprint density at radius 2 is 1.96 bits per heavy atom. The van der Waals surface area contributed by atoms with Crippen LogP contribution in [0, 0.1) is 0 Å². The van der Waals surface area contributed by atoms with Crippen LogP contribution >= 0.6 is 0 Å². The molecule has 2 rings (SSSR count). The number of amides is 2. The molecule has 0 spiro atoms. The molecule has 126 valence electrons. The second-order valence-corrected chi connectivity index (χ2v) is 6.79. The standard InChI is InChI=1S/C13H17N3O6S/c1-15-11(17)7-8-16(13(15)12(18)14-19)23(20,21)10-5-3-9(22-2)4-6-10/h3-6,13,19H,7-8H2,1-2H3,(H,14,18)/t13-/m1/s1. The summed E-state index contributed by atoms with van der Waals surface area (Å²) in [6.45, 7) is -0.157. The van der Waals surface area contributed by atoms with E-state index in [1.807, 2.05) is 0 Å². The number of hydroxylamine groups is 1. The predicted molar refractivity (Wildman–Crippen MR) is 78.0 cm³/mol. The van der Waals surface area contributed by atoms with Gasteiger partial charge in [-0.1, -0.05) is 0 Å². The van der Waals surface area contributed by atoms with Crippen LogP contribution in [0.3, 0.4) is 0 Å². The third kappa shape index (κ3) is 3.14. The van der Waals surface area contributed by atoms with Gasteiger partial charge in [-0.05, 0) is 24.3 Å². The van der Waals surface area contributed by atoms with E-state index in [9.17, 15) is 18.0 Å². The summed E-state index contributed by atoms with van der Waals surface area (Å²) < 4.78 is 31.4. The Hall–Kier alpha value is -2.17. The van der Waals surface area contributed by atoms with E-state index in [1.165, 1.54) is 43.9 Å². The van der Waals surface area contributed by atoms with Gasteiger partial charge in [0, 0.05) is 20.0 Å². The highest BCUT2D eigenvalue weighted by Gasteiger charge is 2.43. The first-order valence-electron chi connectivity index (χ1n) is 6.68. The molecular weight excluding hydrogens is 326 g/mol. The number of hydrogen-bond donors (Lipinski definition) is 2. The number of likely N-dealkylation sites (N-methyl/N-ethyl adjacent to an activating group) is 1. The minimum Gasteiger partial charge on any atom is -0.497 e. The van der Waals surface area contributed by atoms with Crippen LogP contribution in [-0.4, -0.2) is 61.5 Å². The molecule has 9 nitrogen and oxygen atoms in total. The van der Waals surface area contributed by atoms with Gasteiger partial charge in [0.1, 0.15) is 5.75 Å². The topological polar surface area (TPSA) is 116 Å². The number of carbonyl (C=O) groups is 2. The van der Waals surface area contributed by atoms with Crippen molar-refractivity contribution >= 4 is 21.8 Å². The molecule has 1 heterocycles. The molecule has 0 radical (unpaired) electrons. The largest absolute Gasteiger partial charge is 0.497 e. The van der Waals surface area contributed by atoms with Crippen molar-refractivity contribution in [3.63, 3.8) is 0 Å². The number of carbonyl (C=O) groups excluding carboxylic acids is 2. The predicted octanol–water partition coefficient (Wildman–Crippen LogP) is -0.620. The average Bonchev–Trinajstić information content (AvgIpc) is 2.56. The molecule has 1 fully saturated rings. The molecule has 10 heteroatoms. The van der Waals surface area contributed by atoms with Gasteiger partial charge in [-0.15, -0.1) is 0 Å². The first-order chi connectivity index (χ1) is 10.8. The Morgan fingerprint density at radius 3 is 2.48 bits per heavy atom. The van der Waals surface area contributed by atoms with E-state index < -0.39 is 22.1 Å². The third-order valence-electron chi connectivity index (χ3n) is 3.59. The van der Waals surface area contributed by atoms with Gasteiger partial charge in [0.05, 0.1) is 12.0 Å². The lowest BCUT2D eigenvalue weighted by Gasteiger charge is -2.39. The summed E-state index contributed by atoms with van der Waals surface area (Å²) in [4.78, 5) is 24.5. The average molecular weight is 343 g/mol. The maximum Gasteiger partial charge on any atom is 0.282 e. The lowest BCUT2D eigenvalue weighted by molar-refractivity contribution is -0.151. The van der Waals surface area contributed by atoms with Gasteiger partial charge < -0.3 is 9.64 Å². The molecule has 1 atom stereocenters. The zero-order valence-electron chi connectivity index (χ0n) is 12.6. The Bertz CT molecular complexity index is 703. The highest BCUT2D eigenvalue weighted by atomic mass is 32.2. The summed E-state index contributed by atoms with van der Waals surface area (Å²) in [5.74, 6) is -0.906. The molecule has 2 amide bonds. The van der Waals surface area contributed by atoms with Gasteiger partial charge in [0.2, 0.25) is 15.9 Å². The minimum atomic E-state index is -4.04. The summed E-state index contributed by atoms with van der Waals surface area (Å²) in [5, 5.41) is 8.84. The van der Waals surface area contributed by atoms with Gasteiger partial charge in [-0.25, -0.2) is 13.9 Å². The van der Waals surface area contributed by atoms with Gasteiger partial charge >= 0.3 is 0 Å². The van der Waals surface area contributed by atoms with Crippen molar-refractivity contribution in [1.82, 2.24) is 14.7 Å². The fourth-order valence-electron chi connectivity index (χ4n) is 2.33. The number of nitrogens with one attached hydrogen (secondary N) is 1. The Kier molecular flexibility index (Phi) is 4.88. The molecule has 1 aromatic carbocycles. The highest BCUT2D eigenvalue weighted by Crippen LogP contribution is 2.25. The van der Waals surface area contributed by atoms with Crippen LogP contribution in [0.2, 0.25) is 0 Å². The van der Waals surface area contributed by atoms with Crippen molar-refractivity contribution in [2.45, 2.75) is 17.5 Å². The molecule has 0 bridgehead atoms. The van der Waals surface area contributed by atoms with Crippen LogP contribution in [0.5, 0.6) is 5.75 Å². The molecule has 1 aliphatic rings. The third-order valence-corrected chi connectivity index (χ3v) is 5.46. The Balaban J connectivity index is 2.42. The molecule has 1 saturated heterocycles. The van der Waals surface area contributed by atoms with Crippen molar-refractivity contribution in [3.8, 4) is 5.75 Å². The minimum absolute atomic E-state index is 0.0446. The van der Waals surface area contributed by atoms with Crippen LogP contribution in [0.25, 0.3) is 0 Å². The number of nitrogens with zero attached hydrogens (tertiary/aromatic N) is 2. The van der Waals surface area contributed by atoms with E-state index in [0.29, 0.717) is 5.75 Å². The summed E-state index contributed by atoms with van der Waals surface area (Å²) >= 11 is 0. The second-order valence-electron chi connectivity index (χ2n) is 4.90. The lowest BCUT2D eigenvalue weighted by Crippen LogP contribution is -2.62. The zero-order chi connectivity index (χ0) is 17.2. The molecule has 0 aromatic heterocycles. The molecule has 1 aromatic rings. The van der Waals surface area contributed by atoms with E-state index in [0.717, 1.165) is 9.21 Å². The van der Waals surface area contributed by atoms with Crippen molar-refractivity contribution in [2.75, 3.05) is 20.7 Å². The van der Waals surface area contributed by atoms with Crippen LogP contribution < -0.4 is 10.2 Å². The maximum atomic E-state index is 12.8. The van der Waals surface area contributed by atoms with Gasteiger partial charge in [-0.3, -0.25) is 14.8 Å². The normalized spacial score (nSPS) is 19.5.